The van der Waals surface area contributed by atoms with E-state index in [2.05, 4.69) is 37.5 Å². The SMILES string of the molecule is C=N/N=C(\NN)c1csc(SCC(=O)NC[C@H]2CN(Cc3ccc(Cl)c(Cl)c3)CCO2)n1. The first kappa shape index (κ1) is 24.9. The number of ether oxygens (including phenoxy) is 1. The Balaban J connectivity index is 1.41. The largest absolute Gasteiger partial charge is 0.374 e. The van der Waals surface area contributed by atoms with Gasteiger partial charge in [-0.05, 0) is 17.7 Å². The summed E-state index contributed by atoms with van der Waals surface area (Å²) < 4.78 is 6.53. The number of rotatable bonds is 9. The number of benzene rings is 1. The Labute approximate surface area is 204 Å². The summed E-state index contributed by atoms with van der Waals surface area (Å²) in [5, 5.41) is 13.0. The lowest BCUT2D eigenvalue weighted by Crippen LogP contribution is -2.47. The van der Waals surface area contributed by atoms with Gasteiger partial charge in [0.2, 0.25) is 5.91 Å². The number of hydrogen-bond acceptors (Lipinski definition) is 9. The van der Waals surface area contributed by atoms with Crippen LogP contribution in [0.3, 0.4) is 0 Å². The summed E-state index contributed by atoms with van der Waals surface area (Å²) in [5.74, 6) is 5.87. The van der Waals surface area contributed by atoms with Crippen molar-refractivity contribution in [1.82, 2.24) is 20.6 Å². The normalized spacial score (nSPS) is 17.2. The molecule has 32 heavy (non-hydrogen) atoms. The number of amidine groups is 1. The van der Waals surface area contributed by atoms with Gasteiger partial charge in [-0.15, -0.1) is 16.4 Å². The topological polar surface area (TPSA) is 117 Å². The van der Waals surface area contributed by atoms with E-state index in [-0.39, 0.29) is 17.8 Å². The number of nitrogens with two attached hydrogens (primary N) is 1. The molecule has 1 saturated heterocycles. The van der Waals surface area contributed by atoms with Crippen molar-refractivity contribution in [3.63, 3.8) is 0 Å². The summed E-state index contributed by atoms with van der Waals surface area (Å²) in [6, 6.07) is 5.65. The van der Waals surface area contributed by atoms with Crippen LogP contribution in [0.2, 0.25) is 10.0 Å². The maximum absolute atomic E-state index is 12.3. The zero-order valence-electron chi connectivity index (χ0n) is 17.1. The van der Waals surface area contributed by atoms with Gasteiger partial charge >= 0.3 is 0 Å². The Hall–Kier alpha value is -1.73. The molecule has 1 aliphatic rings. The number of thiazole rings is 1. The smallest absolute Gasteiger partial charge is 0.230 e. The van der Waals surface area contributed by atoms with Gasteiger partial charge in [-0.3, -0.25) is 9.69 Å². The first-order chi connectivity index (χ1) is 15.5. The van der Waals surface area contributed by atoms with E-state index in [0.29, 0.717) is 34.7 Å². The van der Waals surface area contributed by atoms with Crippen LogP contribution in [-0.4, -0.2) is 66.4 Å². The van der Waals surface area contributed by atoms with Gasteiger partial charge in [-0.2, -0.15) is 5.10 Å². The molecule has 1 fully saturated rings. The number of carbonyl (C=O) groups excluding carboxylic acids is 1. The molecule has 3 rings (SSSR count). The number of carbonyl (C=O) groups is 1. The molecule has 2 heterocycles. The predicted octanol–water partition coefficient (Wildman–Crippen LogP) is 2.38. The van der Waals surface area contributed by atoms with Gasteiger partial charge < -0.3 is 15.5 Å². The van der Waals surface area contributed by atoms with Crippen molar-refractivity contribution in [3.05, 3.63) is 44.9 Å². The number of amides is 1. The number of hydrazine groups is 1. The van der Waals surface area contributed by atoms with Gasteiger partial charge in [-0.25, -0.2) is 10.8 Å². The third kappa shape index (κ3) is 7.41. The van der Waals surface area contributed by atoms with Crippen LogP contribution in [0.15, 0.2) is 38.1 Å². The van der Waals surface area contributed by atoms with Crippen molar-refractivity contribution < 1.29 is 9.53 Å². The van der Waals surface area contributed by atoms with Gasteiger partial charge in [0.1, 0.15) is 5.69 Å². The van der Waals surface area contributed by atoms with E-state index in [9.17, 15) is 4.79 Å². The highest BCUT2D eigenvalue weighted by Crippen LogP contribution is 2.24. The molecule has 0 radical (unpaired) electrons. The van der Waals surface area contributed by atoms with Crippen LogP contribution < -0.4 is 16.6 Å². The van der Waals surface area contributed by atoms with Crippen LogP contribution in [0.1, 0.15) is 11.3 Å². The van der Waals surface area contributed by atoms with Crippen LogP contribution in [0.5, 0.6) is 0 Å². The summed E-state index contributed by atoms with van der Waals surface area (Å²) in [6.07, 6.45) is -0.0762. The Bertz CT molecular complexity index is 973. The minimum atomic E-state index is -0.0874. The molecule has 172 valence electrons. The number of thioether (sulfide) groups is 1. The van der Waals surface area contributed by atoms with E-state index in [1.165, 1.54) is 23.1 Å². The molecule has 2 aromatic rings. The second-order valence-corrected chi connectivity index (χ2v) is 9.70. The molecular formula is C19H23Cl2N7O2S2. The molecule has 13 heteroatoms. The fourth-order valence-electron chi connectivity index (χ4n) is 3.01. The minimum Gasteiger partial charge on any atom is -0.374 e. The molecule has 1 aromatic heterocycles. The molecule has 0 bridgehead atoms. The molecule has 1 amide bonds. The highest BCUT2D eigenvalue weighted by molar-refractivity contribution is 8.01. The van der Waals surface area contributed by atoms with E-state index in [4.69, 9.17) is 33.8 Å². The average Bonchev–Trinajstić information content (AvgIpc) is 3.26. The van der Waals surface area contributed by atoms with Crippen LogP contribution >= 0.6 is 46.3 Å². The Morgan fingerprint density at radius 1 is 1.44 bits per heavy atom. The third-order valence-electron chi connectivity index (χ3n) is 4.50. The second kappa shape index (κ2) is 12.5. The number of hydrogen-bond donors (Lipinski definition) is 3. The van der Waals surface area contributed by atoms with Crippen LogP contribution in [0.25, 0.3) is 0 Å². The molecule has 4 N–H and O–H groups in total. The fraction of sp³-hybridized carbons (Fsp3) is 0.368. The highest BCUT2D eigenvalue weighted by Gasteiger charge is 2.21. The maximum atomic E-state index is 12.3. The summed E-state index contributed by atoms with van der Waals surface area (Å²) >= 11 is 14.8. The molecule has 0 aliphatic carbocycles. The van der Waals surface area contributed by atoms with E-state index >= 15 is 0 Å². The Morgan fingerprint density at radius 2 is 2.28 bits per heavy atom. The number of morpholine rings is 1. The zero-order valence-corrected chi connectivity index (χ0v) is 20.2. The highest BCUT2D eigenvalue weighted by atomic mass is 35.5. The quantitative estimate of drug-likeness (QED) is 0.154. The molecule has 0 saturated carbocycles. The second-order valence-electron chi connectivity index (χ2n) is 6.80. The Morgan fingerprint density at radius 3 is 3.03 bits per heavy atom. The van der Waals surface area contributed by atoms with Crippen molar-refractivity contribution in [2.24, 2.45) is 16.0 Å². The van der Waals surface area contributed by atoms with Gasteiger partial charge in [0.25, 0.3) is 0 Å². The lowest BCUT2D eigenvalue weighted by atomic mass is 10.2. The monoisotopic (exact) mass is 515 g/mol. The molecule has 1 aromatic carbocycles. The average molecular weight is 516 g/mol. The van der Waals surface area contributed by atoms with E-state index in [1.54, 1.807) is 11.4 Å². The predicted molar refractivity (Wildman–Crippen MR) is 131 cm³/mol. The van der Waals surface area contributed by atoms with Crippen molar-refractivity contribution in [3.8, 4) is 0 Å². The summed E-state index contributed by atoms with van der Waals surface area (Å²) in [7, 11) is 0. The lowest BCUT2D eigenvalue weighted by Gasteiger charge is -2.33. The third-order valence-corrected chi connectivity index (χ3v) is 7.26. The van der Waals surface area contributed by atoms with E-state index in [0.717, 1.165) is 29.5 Å². The van der Waals surface area contributed by atoms with Crippen LogP contribution in [0.4, 0.5) is 0 Å². The summed E-state index contributed by atoms with van der Waals surface area (Å²) in [4.78, 5) is 18.9. The van der Waals surface area contributed by atoms with Crippen molar-refractivity contribution in [2.75, 3.05) is 32.0 Å². The summed E-state index contributed by atoms with van der Waals surface area (Å²) in [5.41, 5.74) is 4.05. The lowest BCUT2D eigenvalue weighted by molar-refractivity contribution is -0.119. The van der Waals surface area contributed by atoms with Gasteiger partial charge in [-0.1, -0.05) is 41.0 Å². The van der Waals surface area contributed by atoms with E-state index < -0.39 is 0 Å². The summed E-state index contributed by atoms with van der Waals surface area (Å²) in [6.45, 7) is 6.63. The first-order valence-electron chi connectivity index (χ1n) is 9.62. The van der Waals surface area contributed by atoms with Crippen LogP contribution in [-0.2, 0) is 16.1 Å². The standard InChI is InChI=1S/C19H23Cl2N7O2S2/c1-23-27-18(26-22)16-10-31-19(25-16)32-11-17(29)24-7-13-9-28(4-5-30-13)8-12-2-3-14(20)15(21)6-12/h2-3,6,10,13H,1,4-5,7-9,11,22H2,(H,24,29)(H,26,27)/t13-/m0/s1. The molecular weight excluding hydrogens is 493 g/mol. The molecule has 0 spiro atoms. The Kier molecular flexibility index (Phi) is 9.72. The van der Waals surface area contributed by atoms with Crippen molar-refractivity contribution in [1.29, 1.82) is 0 Å². The number of nitrogens with one attached hydrogen (secondary N) is 2. The number of aromatic nitrogens is 1. The van der Waals surface area contributed by atoms with Crippen LogP contribution in [0, 0.1) is 0 Å². The van der Waals surface area contributed by atoms with Crippen molar-refractivity contribution in [2.45, 2.75) is 17.0 Å². The first-order valence-corrected chi connectivity index (χ1v) is 12.2. The minimum absolute atomic E-state index is 0.0762. The molecule has 1 aliphatic heterocycles. The zero-order chi connectivity index (χ0) is 22.9. The maximum Gasteiger partial charge on any atom is 0.230 e. The van der Waals surface area contributed by atoms with Gasteiger partial charge in [0.15, 0.2) is 10.2 Å². The fourth-order valence-corrected chi connectivity index (χ4v) is 4.97. The number of nitrogens with zero attached hydrogens (tertiary/aromatic N) is 4. The van der Waals surface area contributed by atoms with Gasteiger partial charge in [0.05, 0.1) is 28.5 Å². The molecule has 1 atom stereocenters. The van der Waals surface area contributed by atoms with Crippen molar-refractivity contribution >= 4 is 64.8 Å². The van der Waals surface area contributed by atoms with E-state index in [1.807, 2.05) is 12.1 Å². The molecule has 0 unspecified atom stereocenters. The van der Waals surface area contributed by atoms with Gasteiger partial charge in [0, 0.05) is 38.3 Å². The number of halogens is 2. The molecule has 9 nitrogen and oxygen atoms in total.